The molecule has 2 rings (SSSR count). The maximum atomic E-state index is 12.3. The normalized spacial score (nSPS) is 21.7. The van der Waals surface area contributed by atoms with E-state index in [1.165, 1.54) is 11.3 Å². The maximum absolute atomic E-state index is 12.3. The van der Waals surface area contributed by atoms with E-state index >= 15 is 0 Å². The van der Waals surface area contributed by atoms with Crippen molar-refractivity contribution in [2.24, 2.45) is 5.73 Å². The predicted octanol–water partition coefficient (Wildman–Crippen LogP) is 1.36. The molecule has 1 aromatic rings. The van der Waals surface area contributed by atoms with Crippen molar-refractivity contribution in [2.45, 2.75) is 50.3 Å². The van der Waals surface area contributed by atoms with Crippen molar-refractivity contribution in [3.05, 3.63) is 15.8 Å². The fourth-order valence-corrected chi connectivity index (χ4v) is 5.06. The average Bonchev–Trinajstić information content (AvgIpc) is 2.96. The molecular weight excluding hydrogens is 284 g/mol. The first kappa shape index (κ1) is 14.9. The van der Waals surface area contributed by atoms with E-state index in [4.69, 9.17) is 10.5 Å². The minimum atomic E-state index is -3.49. The zero-order chi connectivity index (χ0) is 14.0. The van der Waals surface area contributed by atoms with E-state index in [2.05, 4.69) is 4.72 Å². The van der Waals surface area contributed by atoms with Crippen molar-refractivity contribution in [1.29, 1.82) is 0 Å². The van der Waals surface area contributed by atoms with Gasteiger partial charge in [0.05, 0.1) is 11.0 Å². The number of hydrogen-bond donors (Lipinski definition) is 2. The molecule has 19 heavy (non-hydrogen) atoms. The fraction of sp³-hybridized carbons (Fsp3) is 0.667. The molecule has 0 spiro atoms. The molecule has 1 saturated heterocycles. The minimum absolute atomic E-state index is 0.0253. The molecule has 2 unspecified atom stereocenters. The molecule has 2 atom stereocenters. The molecule has 7 heteroatoms. The number of thiophene rings is 1. The highest BCUT2D eigenvalue weighted by atomic mass is 32.2. The van der Waals surface area contributed by atoms with Gasteiger partial charge in [-0.05, 0) is 32.8 Å². The zero-order valence-electron chi connectivity index (χ0n) is 11.2. The van der Waals surface area contributed by atoms with Gasteiger partial charge in [0.1, 0.15) is 0 Å². The molecule has 0 radical (unpaired) electrons. The van der Waals surface area contributed by atoms with Crippen LogP contribution < -0.4 is 10.5 Å². The van der Waals surface area contributed by atoms with Crippen LogP contribution in [0.3, 0.4) is 0 Å². The van der Waals surface area contributed by atoms with Gasteiger partial charge in [-0.25, -0.2) is 13.1 Å². The van der Waals surface area contributed by atoms with E-state index in [-0.39, 0.29) is 12.1 Å². The van der Waals surface area contributed by atoms with Crippen LogP contribution >= 0.6 is 11.3 Å². The summed E-state index contributed by atoms with van der Waals surface area (Å²) >= 11 is 1.43. The number of rotatable bonds is 5. The highest BCUT2D eigenvalue weighted by molar-refractivity contribution is 7.89. The van der Waals surface area contributed by atoms with E-state index in [0.717, 1.165) is 22.6 Å². The van der Waals surface area contributed by atoms with Crippen LogP contribution in [0.4, 0.5) is 0 Å². The van der Waals surface area contributed by atoms with Gasteiger partial charge in [-0.3, -0.25) is 0 Å². The first-order valence-electron chi connectivity index (χ1n) is 6.37. The van der Waals surface area contributed by atoms with Crippen LogP contribution in [0.15, 0.2) is 11.0 Å². The van der Waals surface area contributed by atoms with Crippen LogP contribution in [-0.4, -0.2) is 27.2 Å². The summed E-state index contributed by atoms with van der Waals surface area (Å²) in [6, 6.07) is 1.44. The lowest BCUT2D eigenvalue weighted by Crippen LogP contribution is -2.40. The monoisotopic (exact) mass is 304 g/mol. The van der Waals surface area contributed by atoms with E-state index in [0.29, 0.717) is 18.0 Å². The van der Waals surface area contributed by atoms with Crippen molar-refractivity contribution >= 4 is 21.4 Å². The third kappa shape index (κ3) is 3.35. The summed E-state index contributed by atoms with van der Waals surface area (Å²) in [4.78, 5) is 1.98. The van der Waals surface area contributed by atoms with E-state index in [1.807, 2.05) is 6.92 Å². The van der Waals surface area contributed by atoms with Crippen molar-refractivity contribution < 1.29 is 13.2 Å². The Morgan fingerprint density at radius 3 is 2.89 bits per heavy atom. The van der Waals surface area contributed by atoms with Crippen LogP contribution in [0.25, 0.3) is 0 Å². The van der Waals surface area contributed by atoms with Crippen LogP contribution in [0.1, 0.15) is 29.5 Å². The van der Waals surface area contributed by atoms with Gasteiger partial charge in [-0.1, -0.05) is 0 Å². The van der Waals surface area contributed by atoms with Crippen LogP contribution in [0.5, 0.6) is 0 Å². The van der Waals surface area contributed by atoms with Crippen molar-refractivity contribution in [1.82, 2.24) is 4.72 Å². The Morgan fingerprint density at radius 2 is 2.37 bits per heavy atom. The highest BCUT2D eigenvalue weighted by Crippen LogP contribution is 2.26. The minimum Gasteiger partial charge on any atom is -0.377 e. The molecule has 1 aromatic heterocycles. The van der Waals surface area contributed by atoms with E-state index in [1.54, 1.807) is 13.0 Å². The Morgan fingerprint density at radius 1 is 1.63 bits per heavy atom. The fourth-order valence-electron chi connectivity index (χ4n) is 2.27. The van der Waals surface area contributed by atoms with Crippen molar-refractivity contribution in [2.75, 3.05) is 6.61 Å². The number of aryl methyl sites for hydroxylation is 1. The first-order chi connectivity index (χ1) is 8.94. The molecule has 1 fully saturated rings. The molecule has 3 N–H and O–H groups in total. The van der Waals surface area contributed by atoms with Crippen LogP contribution in [0.2, 0.25) is 0 Å². The van der Waals surface area contributed by atoms with Gasteiger partial charge >= 0.3 is 0 Å². The molecule has 0 aliphatic carbocycles. The lowest BCUT2D eigenvalue weighted by Gasteiger charge is -2.19. The smallest absolute Gasteiger partial charge is 0.242 e. The number of hydrogen-bond acceptors (Lipinski definition) is 5. The highest BCUT2D eigenvalue weighted by Gasteiger charge is 2.28. The number of nitrogens with two attached hydrogens (primary N) is 1. The van der Waals surface area contributed by atoms with Crippen molar-refractivity contribution in [3.63, 3.8) is 0 Å². The quantitative estimate of drug-likeness (QED) is 0.860. The van der Waals surface area contributed by atoms with Gasteiger partial charge in [0.25, 0.3) is 0 Å². The molecule has 0 aromatic carbocycles. The Kier molecular flexibility index (Phi) is 4.62. The topological polar surface area (TPSA) is 81.4 Å². The van der Waals surface area contributed by atoms with Gasteiger partial charge in [-0.2, -0.15) is 0 Å². The number of nitrogens with one attached hydrogen (secondary N) is 1. The summed E-state index contributed by atoms with van der Waals surface area (Å²) in [7, 11) is -3.49. The summed E-state index contributed by atoms with van der Waals surface area (Å²) in [5, 5.41) is 0. The van der Waals surface area contributed by atoms with Gasteiger partial charge in [0, 0.05) is 28.9 Å². The van der Waals surface area contributed by atoms with Gasteiger partial charge in [0.15, 0.2) is 0 Å². The Balaban J connectivity index is 2.14. The predicted molar refractivity (Wildman–Crippen MR) is 75.7 cm³/mol. The number of ether oxygens (including phenoxy) is 1. The standard InChI is InChI=1S/C12H20N2O3S2/c1-8(11-4-3-5-17-11)14-19(15,16)12-6-10(7-13)18-9(12)2/h6,8,11,14H,3-5,7,13H2,1-2H3. The largest absolute Gasteiger partial charge is 0.377 e. The van der Waals surface area contributed by atoms with Gasteiger partial charge < -0.3 is 10.5 Å². The van der Waals surface area contributed by atoms with E-state index < -0.39 is 10.0 Å². The SMILES string of the molecule is Cc1sc(CN)cc1S(=O)(=O)NC(C)C1CCCO1. The molecule has 1 aliphatic heterocycles. The average molecular weight is 304 g/mol. The third-order valence-electron chi connectivity index (χ3n) is 3.28. The first-order valence-corrected chi connectivity index (χ1v) is 8.67. The second-order valence-electron chi connectivity index (χ2n) is 4.80. The lowest BCUT2D eigenvalue weighted by molar-refractivity contribution is 0.0902. The molecule has 0 saturated carbocycles. The second-order valence-corrected chi connectivity index (χ2v) is 7.82. The molecule has 2 heterocycles. The van der Waals surface area contributed by atoms with E-state index in [9.17, 15) is 8.42 Å². The Bertz CT molecular complexity index is 533. The molecule has 0 bridgehead atoms. The van der Waals surface area contributed by atoms with Gasteiger partial charge in [-0.15, -0.1) is 11.3 Å². The molecule has 5 nitrogen and oxygen atoms in total. The third-order valence-corrected chi connectivity index (χ3v) is 6.16. The Hall–Kier alpha value is -0.470. The molecule has 0 amide bonds. The summed E-state index contributed by atoms with van der Waals surface area (Å²) in [6.45, 7) is 4.72. The summed E-state index contributed by atoms with van der Waals surface area (Å²) in [6.07, 6.45) is 1.87. The molecular formula is C12H20N2O3S2. The second kappa shape index (κ2) is 5.88. The van der Waals surface area contributed by atoms with Gasteiger partial charge in [0.2, 0.25) is 10.0 Å². The summed E-state index contributed by atoms with van der Waals surface area (Å²) < 4.78 is 32.9. The van der Waals surface area contributed by atoms with Crippen molar-refractivity contribution in [3.8, 4) is 0 Å². The van der Waals surface area contributed by atoms with Crippen LogP contribution in [-0.2, 0) is 21.3 Å². The molecule has 108 valence electrons. The summed E-state index contributed by atoms with van der Waals surface area (Å²) in [5.41, 5.74) is 5.55. The lowest BCUT2D eigenvalue weighted by atomic mass is 10.1. The maximum Gasteiger partial charge on any atom is 0.242 e. The summed E-state index contributed by atoms with van der Waals surface area (Å²) in [5.74, 6) is 0. The number of sulfonamides is 1. The zero-order valence-corrected chi connectivity index (χ0v) is 12.8. The Labute approximate surface area is 118 Å². The van der Waals surface area contributed by atoms with Crippen LogP contribution in [0, 0.1) is 6.92 Å². The molecule has 1 aliphatic rings.